The number of nitro benzene ring substituents is 1. The zero-order valence-corrected chi connectivity index (χ0v) is 28.2. The summed E-state index contributed by atoms with van der Waals surface area (Å²) in [5.41, 5.74) is 0.893. The highest BCUT2D eigenvalue weighted by Crippen LogP contribution is 2.28. The van der Waals surface area contributed by atoms with E-state index in [1.807, 2.05) is 30.7 Å². The Balaban J connectivity index is 1.65. The number of hydrogen-bond acceptors (Lipinski definition) is 9. The van der Waals surface area contributed by atoms with Crippen LogP contribution >= 0.6 is 23.2 Å². The average molecular weight is 697 g/mol. The van der Waals surface area contributed by atoms with Crippen molar-refractivity contribution in [3.05, 3.63) is 91.4 Å². The number of ether oxygens (including phenoxy) is 3. The summed E-state index contributed by atoms with van der Waals surface area (Å²) in [6.07, 6.45) is -0.455. The lowest BCUT2D eigenvalue weighted by molar-refractivity contribution is -0.384. The van der Waals surface area contributed by atoms with Gasteiger partial charge in [-0.2, -0.15) is 0 Å². The molecule has 3 aromatic rings. The van der Waals surface area contributed by atoms with Gasteiger partial charge in [0.2, 0.25) is 0 Å². The Morgan fingerprint density at radius 2 is 1.52 bits per heavy atom. The molecule has 248 valence electrons. The van der Waals surface area contributed by atoms with Gasteiger partial charge in [-0.05, 0) is 87.7 Å². The van der Waals surface area contributed by atoms with E-state index in [1.54, 1.807) is 45.0 Å². The van der Waals surface area contributed by atoms with Gasteiger partial charge >= 0.3 is 6.09 Å². The van der Waals surface area contributed by atoms with Crippen LogP contribution in [0.15, 0.2) is 59.5 Å². The Hall–Kier alpha value is -4.07. The predicted molar refractivity (Wildman–Crippen MR) is 173 cm³/mol. The summed E-state index contributed by atoms with van der Waals surface area (Å²) in [7, 11) is -4.58. The number of hydrogen-bond donors (Lipinski definition) is 2. The second-order valence-corrected chi connectivity index (χ2v) is 13.8. The van der Waals surface area contributed by atoms with Gasteiger partial charge in [0.25, 0.3) is 21.6 Å². The number of benzene rings is 3. The lowest BCUT2D eigenvalue weighted by atomic mass is 10.1. The molecular weight excluding hydrogens is 661 g/mol. The summed E-state index contributed by atoms with van der Waals surface area (Å²) in [6, 6.07) is 11.8. The molecule has 15 heteroatoms. The largest absolute Gasteiger partial charge is 0.493 e. The molecule has 0 aliphatic heterocycles. The maximum Gasteiger partial charge on any atom is 0.408 e. The highest BCUT2D eigenvalue weighted by Gasteiger charge is 2.29. The quantitative estimate of drug-likeness (QED) is 0.119. The summed E-state index contributed by atoms with van der Waals surface area (Å²) in [5, 5.41) is 14.1. The molecular formula is C31H35Cl2N3O9S. The Morgan fingerprint density at radius 1 is 0.935 bits per heavy atom. The molecule has 0 unspecified atom stereocenters. The second kappa shape index (κ2) is 15.5. The Morgan fingerprint density at radius 3 is 2.09 bits per heavy atom. The van der Waals surface area contributed by atoms with Crippen LogP contribution in [-0.4, -0.2) is 50.2 Å². The number of nitrogens with zero attached hydrogens (tertiary/aromatic N) is 1. The molecule has 0 aliphatic carbocycles. The molecule has 0 aliphatic rings. The number of nitro groups is 1. The zero-order chi connectivity index (χ0) is 34.2. The number of halogens is 2. The number of sulfonamides is 1. The minimum atomic E-state index is -4.58. The first kappa shape index (κ1) is 36.4. The molecule has 0 fully saturated rings. The Kier molecular flexibility index (Phi) is 12.2. The van der Waals surface area contributed by atoms with Crippen molar-refractivity contribution < 1.29 is 37.1 Å². The number of alkyl carbamates (subject to hydrolysis) is 1. The van der Waals surface area contributed by atoms with Crippen LogP contribution in [0, 0.1) is 24.0 Å². The van der Waals surface area contributed by atoms with Crippen LogP contribution in [-0.2, 0) is 26.0 Å². The Labute approximate surface area is 277 Å². The number of carbonyl (C=O) groups is 2. The van der Waals surface area contributed by atoms with Crippen LogP contribution in [0.5, 0.6) is 11.5 Å². The number of aryl methyl sites for hydroxylation is 2. The molecule has 3 aromatic carbocycles. The third-order valence-corrected chi connectivity index (χ3v) is 8.53. The topological polar surface area (TPSA) is 163 Å². The molecule has 0 saturated carbocycles. The minimum absolute atomic E-state index is 0.116. The average Bonchev–Trinajstić information content (AvgIpc) is 2.95. The van der Waals surface area contributed by atoms with Crippen molar-refractivity contribution in [3.8, 4) is 11.5 Å². The molecule has 3 rings (SSSR count). The van der Waals surface area contributed by atoms with Crippen molar-refractivity contribution in [1.29, 1.82) is 0 Å². The van der Waals surface area contributed by atoms with Gasteiger partial charge in [0.1, 0.15) is 28.2 Å². The zero-order valence-electron chi connectivity index (χ0n) is 25.9. The third kappa shape index (κ3) is 10.8. The van der Waals surface area contributed by atoms with Gasteiger partial charge in [-0.15, -0.1) is 0 Å². The van der Waals surface area contributed by atoms with Gasteiger partial charge in [0.15, 0.2) is 0 Å². The van der Waals surface area contributed by atoms with Gasteiger partial charge in [-0.1, -0.05) is 35.3 Å². The van der Waals surface area contributed by atoms with E-state index >= 15 is 0 Å². The first-order chi connectivity index (χ1) is 21.4. The molecule has 0 radical (unpaired) electrons. The molecule has 12 nitrogen and oxygen atoms in total. The van der Waals surface area contributed by atoms with Crippen LogP contribution in [0.4, 0.5) is 10.5 Å². The normalized spacial score (nSPS) is 12.2. The van der Waals surface area contributed by atoms with Crippen LogP contribution in [0.1, 0.15) is 43.9 Å². The molecule has 0 aromatic heterocycles. The summed E-state index contributed by atoms with van der Waals surface area (Å²) in [6.45, 7) is 9.51. The minimum Gasteiger partial charge on any atom is -0.493 e. The summed E-state index contributed by atoms with van der Waals surface area (Å²) >= 11 is 12.0. The number of amides is 2. The van der Waals surface area contributed by atoms with E-state index in [2.05, 4.69) is 5.32 Å². The number of rotatable bonds is 13. The molecule has 0 bridgehead atoms. The lowest BCUT2D eigenvalue weighted by Gasteiger charge is -2.23. The van der Waals surface area contributed by atoms with Gasteiger partial charge < -0.3 is 19.5 Å². The van der Waals surface area contributed by atoms with Gasteiger partial charge in [-0.25, -0.2) is 17.9 Å². The molecule has 1 atom stereocenters. The molecule has 46 heavy (non-hydrogen) atoms. The van der Waals surface area contributed by atoms with Crippen LogP contribution < -0.4 is 19.5 Å². The molecule has 0 heterocycles. The van der Waals surface area contributed by atoms with Gasteiger partial charge in [0, 0.05) is 23.9 Å². The van der Waals surface area contributed by atoms with Crippen molar-refractivity contribution in [2.24, 2.45) is 0 Å². The van der Waals surface area contributed by atoms with E-state index in [4.69, 9.17) is 37.4 Å². The van der Waals surface area contributed by atoms with Crippen LogP contribution in [0.25, 0.3) is 0 Å². The van der Waals surface area contributed by atoms with E-state index in [9.17, 15) is 28.1 Å². The van der Waals surface area contributed by atoms with E-state index in [-0.39, 0.29) is 11.4 Å². The fourth-order valence-electron chi connectivity index (χ4n) is 4.11. The Bertz CT molecular complexity index is 1670. The molecule has 2 N–H and O–H groups in total. The summed E-state index contributed by atoms with van der Waals surface area (Å²) in [4.78, 5) is 35.5. The molecule has 0 saturated heterocycles. The number of nitrogens with one attached hydrogen (secondary N) is 2. The predicted octanol–water partition coefficient (Wildman–Crippen LogP) is 6.31. The highest BCUT2D eigenvalue weighted by atomic mass is 35.5. The first-order valence-electron chi connectivity index (χ1n) is 14.1. The van der Waals surface area contributed by atoms with E-state index in [0.717, 1.165) is 35.1 Å². The third-order valence-electron chi connectivity index (χ3n) is 6.27. The van der Waals surface area contributed by atoms with Gasteiger partial charge in [-0.3, -0.25) is 14.9 Å². The van der Waals surface area contributed by atoms with Crippen LogP contribution in [0.2, 0.25) is 10.0 Å². The first-order valence-corrected chi connectivity index (χ1v) is 16.3. The maximum atomic E-state index is 13.2. The maximum absolute atomic E-state index is 13.2. The molecule has 2 amide bonds. The lowest BCUT2D eigenvalue weighted by Crippen LogP contribution is -2.50. The molecule has 0 spiro atoms. The van der Waals surface area contributed by atoms with Crippen molar-refractivity contribution in [3.63, 3.8) is 0 Å². The van der Waals surface area contributed by atoms with Crippen molar-refractivity contribution in [2.45, 2.75) is 64.0 Å². The standard InChI is InChI=1S/C31H35Cl2N3O9S/c1-19-15-23(16-20(2)28(19)33)44-14-6-13-43-22-9-7-21(8-10-22)17-26(34-30(38)45-31(3,4)5)29(37)35-46(41,42)24-11-12-25(32)27(18-24)36(39)40/h7-12,15-16,18,26H,6,13-14,17H2,1-5H3,(H,34,38)(H,35,37)/t26-/m0/s1. The van der Waals surface area contributed by atoms with E-state index < -0.39 is 49.2 Å². The summed E-state index contributed by atoms with van der Waals surface area (Å²) < 4.78 is 44.6. The highest BCUT2D eigenvalue weighted by molar-refractivity contribution is 7.90. The van der Waals surface area contributed by atoms with Crippen molar-refractivity contribution >= 4 is 50.9 Å². The monoisotopic (exact) mass is 695 g/mol. The fourth-order valence-corrected chi connectivity index (χ4v) is 5.44. The smallest absolute Gasteiger partial charge is 0.408 e. The second-order valence-electron chi connectivity index (χ2n) is 11.3. The van der Waals surface area contributed by atoms with Crippen molar-refractivity contribution in [2.75, 3.05) is 13.2 Å². The fraction of sp³-hybridized carbons (Fsp3) is 0.355. The van der Waals surface area contributed by atoms with Gasteiger partial charge in [0.05, 0.1) is 23.0 Å². The number of carbonyl (C=O) groups excluding carboxylic acids is 2. The van der Waals surface area contributed by atoms with E-state index in [0.29, 0.717) is 36.0 Å². The van der Waals surface area contributed by atoms with Crippen molar-refractivity contribution in [1.82, 2.24) is 10.0 Å². The summed E-state index contributed by atoms with van der Waals surface area (Å²) in [5.74, 6) is 0.189. The van der Waals surface area contributed by atoms with Crippen LogP contribution in [0.3, 0.4) is 0 Å². The SMILES string of the molecule is Cc1cc(OCCCOc2ccc(C[C@H](NC(=O)OC(C)(C)C)C(=O)NS(=O)(=O)c3ccc(Cl)c([N+](=O)[O-])c3)cc2)cc(C)c1Cl. The van der Waals surface area contributed by atoms with E-state index in [1.165, 1.54) is 0 Å².